The van der Waals surface area contributed by atoms with E-state index in [0.29, 0.717) is 5.69 Å². The summed E-state index contributed by atoms with van der Waals surface area (Å²) < 4.78 is 0. The van der Waals surface area contributed by atoms with Crippen molar-refractivity contribution in [3.8, 4) is 0 Å². The molecule has 0 aliphatic heterocycles. The maximum atomic E-state index is 11.8. The van der Waals surface area contributed by atoms with E-state index in [1.165, 1.54) is 6.08 Å². The van der Waals surface area contributed by atoms with E-state index in [9.17, 15) is 4.79 Å². The largest absolute Gasteiger partial charge is 0.340 e. The van der Waals surface area contributed by atoms with Crippen LogP contribution in [-0.4, -0.2) is 33.9 Å². The first kappa shape index (κ1) is 13.4. The molecule has 0 spiro atoms. The molecule has 92 valence electrons. The minimum absolute atomic E-state index is 0.00315. The van der Waals surface area contributed by atoms with Crippen LogP contribution in [0.15, 0.2) is 24.7 Å². The smallest absolute Gasteiger partial charge is 0.246 e. The van der Waals surface area contributed by atoms with Crippen molar-refractivity contribution in [3.63, 3.8) is 0 Å². The van der Waals surface area contributed by atoms with Gasteiger partial charge in [0.05, 0.1) is 11.9 Å². The molecule has 1 atom stereocenters. The van der Waals surface area contributed by atoms with Crippen LogP contribution >= 0.6 is 0 Å². The Labute approximate surface area is 102 Å². The van der Waals surface area contributed by atoms with Gasteiger partial charge in [-0.15, -0.1) is 0 Å². The van der Waals surface area contributed by atoms with Crippen molar-refractivity contribution >= 4 is 12.0 Å². The van der Waals surface area contributed by atoms with E-state index in [-0.39, 0.29) is 11.9 Å². The van der Waals surface area contributed by atoms with Crippen LogP contribution in [0.25, 0.3) is 6.08 Å². The summed E-state index contributed by atoms with van der Waals surface area (Å²) >= 11 is 0. The molecule has 4 heteroatoms. The van der Waals surface area contributed by atoms with Gasteiger partial charge in [-0.25, -0.2) is 0 Å². The number of carbonyl (C=O) groups excluding carboxylic acids is 1. The molecule has 0 bridgehead atoms. The number of amides is 1. The molecule has 0 fully saturated rings. The number of aromatic nitrogens is 2. The number of nitrogens with zero attached hydrogens (tertiary/aromatic N) is 3. The minimum atomic E-state index is -0.00315. The molecular formula is C13H19N3O. The van der Waals surface area contributed by atoms with Crippen molar-refractivity contribution < 1.29 is 4.79 Å². The molecule has 0 N–H and O–H groups in total. The van der Waals surface area contributed by atoms with E-state index in [0.717, 1.165) is 12.8 Å². The Morgan fingerprint density at radius 2 is 2.29 bits per heavy atom. The van der Waals surface area contributed by atoms with Gasteiger partial charge in [0.25, 0.3) is 0 Å². The fraction of sp³-hybridized carbons (Fsp3) is 0.462. The van der Waals surface area contributed by atoms with Crippen molar-refractivity contribution in [1.29, 1.82) is 0 Å². The van der Waals surface area contributed by atoms with E-state index in [1.807, 2.05) is 7.05 Å². The van der Waals surface area contributed by atoms with E-state index in [4.69, 9.17) is 0 Å². The summed E-state index contributed by atoms with van der Waals surface area (Å²) in [7, 11) is 1.82. The lowest BCUT2D eigenvalue weighted by molar-refractivity contribution is -0.126. The summed E-state index contributed by atoms with van der Waals surface area (Å²) in [5.74, 6) is -0.00315. The van der Waals surface area contributed by atoms with Crippen molar-refractivity contribution in [2.75, 3.05) is 7.05 Å². The molecular weight excluding hydrogens is 214 g/mol. The lowest BCUT2D eigenvalue weighted by Crippen LogP contribution is -2.33. The Hall–Kier alpha value is -1.71. The molecule has 0 aliphatic rings. The van der Waals surface area contributed by atoms with Crippen LogP contribution in [0.3, 0.4) is 0 Å². The van der Waals surface area contributed by atoms with Gasteiger partial charge in [-0.2, -0.15) is 0 Å². The van der Waals surface area contributed by atoms with Gasteiger partial charge in [0.15, 0.2) is 0 Å². The predicted octanol–water partition coefficient (Wildman–Crippen LogP) is 2.14. The third kappa shape index (κ3) is 4.34. The molecule has 0 radical (unpaired) electrons. The average molecular weight is 233 g/mol. The molecule has 1 unspecified atom stereocenters. The number of hydrogen-bond donors (Lipinski definition) is 0. The molecule has 0 aliphatic carbocycles. The minimum Gasteiger partial charge on any atom is -0.340 e. The Morgan fingerprint density at radius 3 is 2.88 bits per heavy atom. The first-order chi connectivity index (χ1) is 8.15. The molecule has 1 rings (SSSR count). The van der Waals surface area contributed by atoms with Crippen molar-refractivity contribution in [2.45, 2.75) is 32.7 Å². The molecule has 1 heterocycles. The highest BCUT2D eigenvalue weighted by Gasteiger charge is 2.11. The van der Waals surface area contributed by atoms with E-state index >= 15 is 0 Å². The lowest BCUT2D eigenvalue weighted by atomic mass is 10.2. The Balaban J connectivity index is 2.57. The molecule has 1 aromatic heterocycles. The van der Waals surface area contributed by atoms with Crippen LogP contribution in [0.5, 0.6) is 0 Å². The van der Waals surface area contributed by atoms with Gasteiger partial charge in [-0.1, -0.05) is 13.3 Å². The molecule has 4 nitrogen and oxygen atoms in total. The number of likely N-dealkylation sites (N-methyl/N-ethyl adjacent to an activating group) is 1. The molecule has 17 heavy (non-hydrogen) atoms. The van der Waals surface area contributed by atoms with Gasteiger partial charge in [0.2, 0.25) is 5.91 Å². The molecule has 0 aromatic carbocycles. The second-order valence-corrected chi connectivity index (χ2v) is 4.05. The zero-order valence-corrected chi connectivity index (χ0v) is 10.6. The van der Waals surface area contributed by atoms with Gasteiger partial charge in [0, 0.05) is 31.6 Å². The highest BCUT2D eigenvalue weighted by Crippen LogP contribution is 2.05. The zero-order chi connectivity index (χ0) is 12.7. The second kappa shape index (κ2) is 6.78. The van der Waals surface area contributed by atoms with E-state index in [1.54, 1.807) is 29.6 Å². The summed E-state index contributed by atoms with van der Waals surface area (Å²) in [4.78, 5) is 21.6. The van der Waals surface area contributed by atoms with Crippen LogP contribution in [0.4, 0.5) is 0 Å². The highest BCUT2D eigenvalue weighted by molar-refractivity contribution is 5.91. The van der Waals surface area contributed by atoms with Crippen LogP contribution in [0.2, 0.25) is 0 Å². The van der Waals surface area contributed by atoms with Crippen LogP contribution in [0.1, 0.15) is 32.4 Å². The van der Waals surface area contributed by atoms with Crippen LogP contribution in [0, 0.1) is 0 Å². The monoisotopic (exact) mass is 233 g/mol. The summed E-state index contributed by atoms with van der Waals surface area (Å²) in [6.45, 7) is 4.17. The van der Waals surface area contributed by atoms with Crippen molar-refractivity contribution in [3.05, 3.63) is 30.4 Å². The lowest BCUT2D eigenvalue weighted by Gasteiger charge is -2.23. The summed E-state index contributed by atoms with van der Waals surface area (Å²) in [6, 6.07) is 0.263. The molecule has 1 aromatic rings. The first-order valence-corrected chi connectivity index (χ1v) is 5.86. The summed E-state index contributed by atoms with van der Waals surface area (Å²) in [5.41, 5.74) is 0.692. The zero-order valence-electron chi connectivity index (χ0n) is 10.6. The standard InChI is InChI=1S/C13H19N3O/c1-4-5-11(2)16(3)13(17)7-6-12-10-14-8-9-15-12/h6-11H,4-5H2,1-3H3/b7-6+. The Morgan fingerprint density at radius 1 is 1.53 bits per heavy atom. The molecule has 1 amide bonds. The van der Waals surface area contributed by atoms with Crippen molar-refractivity contribution in [2.24, 2.45) is 0 Å². The third-order valence-corrected chi connectivity index (χ3v) is 2.70. The van der Waals surface area contributed by atoms with Gasteiger partial charge < -0.3 is 4.90 Å². The van der Waals surface area contributed by atoms with Gasteiger partial charge >= 0.3 is 0 Å². The Kier molecular flexibility index (Phi) is 5.33. The van der Waals surface area contributed by atoms with Crippen LogP contribution < -0.4 is 0 Å². The van der Waals surface area contributed by atoms with E-state index < -0.39 is 0 Å². The average Bonchev–Trinajstić information content (AvgIpc) is 2.36. The van der Waals surface area contributed by atoms with Gasteiger partial charge in [0.1, 0.15) is 0 Å². The van der Waals surface area contributed by atoms with E-state index in [2.05, 4.69) is 23.8 Å². The quantitative estimate of drug-likeness (QED) is 0.732. The van der Waals surface area contributed by atoms with Crippen molar-refractivity contribution in [1.82, 2.24) is 14.9 Å². The highest BCUT2D eigenvalue weighted by atomic mass is 16.2. The fourth-order valence-corrected chi connectivity index (χ4v) is 1.50. The Bertz CT molecular complexity index is 376. The third-order valence-electron chi connectivity index (χ3n) is 2.70. The first-order valence-electron chi connectivity index (χ1n) is 5.86. The number of rotatable bonds is 5. The number of carbonyl (C=O) groups is 1. The topological polar surface area (TPSA) is 46.1 Å². The van der Waals surface area contributed by atoms with Gasteiger partial charge in [-0.05, 0) is 19.4 Å². The second-order valence-electron chi connectivity index (χ2n) is 4.05. The molecule has 0 saturated carbocycles. The fourth-order valence-electron chi connectivity index (χ4n) is 1.50. The maximum Gasteiger partial charge on any atom is 0.246 e. The van der Waals surface area contributed by atoms with Gasteiger partial charge in [-0.3, -0.25) is 14.8 Å². The maximum absolute atomic E-state index is 11.8. The summed E-state index contributed by atoms with van der Waals surface area (Å²) in [6.07, 6.45) is 10.1. The predicted molar refractivity (Wildman–Crippen MR) is 68.2 cm³/mol. The summed E-state index contributed by atoms with van der Waals surface area (Å²) in [5, 5.41) is 0. The normalized spacial score (nSPS) is 12.6. The number of hydrogen-bond acceptors (Lipinski definition) is 3. The van der Waals surface area contributed by atoms with Crippen LogP contribution in [-0.2, 0) is 4.79 Å². The SMILES string of the molecule is CCCC(C)N(C)C(=O)/C=C/c1cnccn1. The molecule has 0 saturated heterocycles.